The molecule has 0 aromatic carbocycles. The fraction of sp³-hybridized carbons (Fsp3) is 0.786. The summed E-state index contributed by atoms with van der Waals surface area (Å²) in [6.07, 6.45) is 5.21. The third kappa shape index (κ3) is 3.95. The van der Waals surface area contributed by atoms with Crippen LogP contribution in [-0.4, -0.2) is 36.9 Å². The molecule has 2 amide bonds. The quantitative estimate of drug-likeness (QED) is 0.782. The van der Waals surface area contributed by atoms with Crippen LogP contribution in [0, 0.1) is 16.7 Å². The molecule has 0 radical (unpaired) electrons. The first-order valence-electron chi connectivity index (χ1n) is 6.99. The lowest BCUT2D eigenvalue weighted by Crippen LogP contribution is -2.45. The Hall–Kier alpha value is -1.57. The molecule has 0 aromatic heterocycles. The van der Waals surface area contributed by atoms with Gasteiger partial charge in [-0.15, -0.1) is 0 Å². The minimum Gasteiger partial charge on any atom is -0.355 e. The summed E-state index contributed by atoms with van der Waals surface area (Å²) in [6, 6.07) is 2.22. The Morgan fingerprint density at radius 2 is 1.84 bits per heavy atom. The van der Waals surface area contributed by atoms with E-state index in [-0.39, 0.29) is 18.4 Å². The summed E-state index contributed by atoms with van der Waals surface area (Å²) in [5.41, 5.74) is -0.919. The van der Waals surface area contributed by atoms with Crippen LogP contribution >= 0.6 is 0 Å². The van der Waals surface area contributed by atoms with E-state index in [1.54, 1.807) is 7.05 Å². The minimum atomic E-state index is -0.919. The number of carbonyl (C=O) groups excluding carboxylic acids is 2. The van der Waals surface area contributed by atoms with Crippen molar-refractivity contribution in [1.29, 1.82) is 5.26 Å². The van der Waals surface area contributed by atoms with Gasteiger partial charge in [-0.25, -0.2) is 0 Å². The maximum atomic E-state index is 12.5. The van der Waals surface area contributed by atoms with Gasteiger partial charge in [-0.1, -0.05) is 25.7 Å². The van der Waals surface area contributed by atoms with E-state index in [0.717, 1.165) is 25.7 Å². The van der Waals surface area contributed by atoms with Gasteiger partial charge in [0.25, 0.3) is 0 Å². The molecule has 5 nitrogen and oxygen atoms in total. The van der Waals surface area contributed by atoms with Crippen LogP contribution in [0.1, 0.15) is 45.4 Å². The summed E-state index contributed by atoms with van der Waals surface area (Å²) < 4.78 is 0. The lowest BCUT2D eigenvalue weighted by Gasteiger charge is -2.28. The van der Waals surface area contributed by atoms with Crippen molar-refractivity contribution in [3.05, 3.63) is 0 Å². The van der Waals surface area contributed by atoms with E-state index in [9.17, 15) is 14.9 Å². The first-order valence-corrected chi connectivity index (χ1v) is 6.99. The summed E-state index contributed by atoms with van der Waals surface area (Å²) >= 11 is 0. The molecule has 0 bridgehead atoms. The van der Waals surface area contributed by atoms with Crippen LogP contribution in [-0.2, 0) is 9.59 Å². The lowest BCUT2D eigenvalue weighted by atomic mass is 9.80. The minimum absolute atomic E-state index is 0.0239. The molecule has 0 aromatic rings. The molecular weight excluding hydrogens is 242 g/mol. The highest BCUT2D eigenvalue weighted by atomic mass is 16.2. The molecular formula is C14H23N3O2. The molecule has 19 heavy (non-hydrogen) atoms. The smallest absolute Gasteiger partial charge is 0.243 e. The van der Waals surface area contributed by atoms with Crippen molar-refractivity contribution >= 4 is 11.8 Å². The van der Waals surface area contributed by atoms with Gasteiger partial charge in [0.15, 0.2) is 0 Å². The number of rotatable bonds is 4. The first-order chi connectivity index (χ1) is 9.05. The highest BCUT2D eigenvalue weighted by Crippen LogP contribution is 2.35. The van der Waals surface area contributed by atoms with Crippen molar-refractivity contribution in [2.45, 2.75) is 45.4 Å². The van der Waals surface area contributed by atoms with Gasteiger partial charge in [0.05, 0.1) is 12.6 Å². The summed E-state index contributed by atoms with van der Waals surface area (Å²) in [7, 11) is 1.60. The highest BCUT2D eigenvalue weighted by molar-refractivity contribution is 5.89. The van der Waals surface area contributed by atoms with E-state index in [1.807, 2.05) is 6.92 Å². The number of nitrogens with one attached hydrogen (secondary N) is 1. The Morgan fingerprint density at radius 3 is 2.32 bits per heavy atom. The van der Waals surface area contributed by atoms with E-state index >= 15 is 0 Å². The molecule has 0 spiro atoms. The van der Waals surface area contributed by atoms with Crippen molar-refractivity contribution < 1.29 is 9.59 Å². The highest BCUT2D eigenvalue weighted by Gasteiger charge is 2.40. The molecule has 0 atom stereocenters. The summed E-state index contributed by atoms with van der Waals surface area (Å²) in [4.78, 5) is 25.4. The largest absolute Gasteiger partial charge is 0.355 e. The Morgan fingerprint density at radius 1 is 1.26 bits per heavy atom. The second-order valence-corrected chi connectivity index (χ2v) is 5.22. The van der Waals surface area contributed by atoms with Crippen LogP contribution in [0.3, 0.4) is 0 Å². The Kier molecular flexibility index (Phi) is 5.81. The van der Waals surface area contributed by atoms with Crippen LogP contribution in [0.5, 0.6) is 0 Å². The summed E-state index contributed by atoms with van der Waals surface area (Å²) in [5.74, 6) is -0.386. The normalized spacial score (nSPS) is 17.9. The van der Waals surface area contributed by atoms with E-state index < -0.39 is 5.41 Å². The molecule has 0 saturated heterocycles. The zero-order valence-electron chi connectivity index (χ0n) is 11.9. The third-order valence-corrected chi connectivity index (χ3v) is 3.68. The average molecular weight is 265 g/mol. The lowest BCUT2D eigenvalue weighted by molar-refractivity contribution is -0.141. The van der Waals surface area contributed by atoms with E-state index in [2.05, 4.69) is 11.4 Å². The average Bonchev–Trinajstić information content (AvgIpc) is 2.64. The number of likely N-dealkylation sites (N-methyl/N-ethyl adjacent to an activating group) is 2. The number of nitrogens with zero attached hydrogens (tertiary/aromatic N) is 2. The number of hydrogen-bond donors (Lipinski definition) is 1. The Labute approximate surface area is 115 Å². The molecule has 5 heteroatoms. The van der Waals surface area contributed by atoms with Gasteiger partial charge in [0.1, 0.15) is 5.41 Å². The molecule has 1 N–H and O–H groups in total. The van der Waals surface area contributed by atoms with E-state index in [4.69, 9.17) is 0 Å². The molecule has 1 rings (SSSR count). The van der Waals surface area contributed by atoms with Crippen LogP contribution in [0.4, 0.5) is 0 Å². The second-order valence-electron chi connectivity index (χ2n) is 5.22. The van der Waals surface area contributed by atoms with Crippen molar-refractivity contribution in [3.8, 4) is 6.07 Å². The molecule has 0 unspecified atom stereocenters. The van der Waals surface area contributed by atoms with Gasteiger partial charge >= 0.3 is 0 Å². The van der Waals surface area contributed by atoms with E-state index in [0.29, 0.717) is 19.4 Å². The van der Waals surface area contributed by atoms with Gasteiger partial charge in [0.2, 0.25) is 11.8 Å². The van der Waals surface area contributed by atoms with Crippen LogP contribution < -0.4 is 5.32 Å². The topological polar surface area (TPSA) is 73.2 Å². The second kappa shape index (κ2) is 7.13. The van der Waals surface area contributed by atoms with Gasteiger partial charge in [-0.3, -0.25) is 9.59 Å². The molecule has 0 heterocycles. The van der Waals surface area contributed by atoms with Crippen LogP contribution in [0.2, 0.25) is 0 Å². The third-order valence-electron chi connectivity index (χ3n) is 3.68. The van der Waals surface area contributed by atoms with Gasteiger partial charge in [0, 0.05) is 13.6 Å². The summed E-state index contributed by atoms with van der Waals surface area (Å²) in [6.45, 7) is 2.40. The maximum Gasteiger partial charge on any atom is 0.243 e. The molecule has 0 aliphatic heterocycles. The van der Waals surface area contributed by atoms with Crippen molar-refractivity contribution in [1.82, 2.24) is 10.2 Å². The van der Waals surface area contributed by atoms with Crippen molar-refractivity contribution in [3.63, 3.8) is 0 Å². The number of hydrogen-bond acceptors (Lipinski definition) is 3. The fourth-order valence-electron chi connectivity index (χ4n) is 2.61. The molecule has 1 fully saturated rings. The fourth-order valence-corrected chi connectivity index (χ4v) is 2.61. The summed E-state index contributed by atoms with van der Waals surface area (Å²) in [5, 5.41) is 12.1. The van der Waals surface area contributed by atoms with Crippen molar-refractivity contribution in [2.75, 3.05) is 20.1 Å². The van der Waals surface area contributed by atoms with Crippen molar-refractivity contribution in [2.24, 2.45) is 5.41 Å². The number of carbonyl (C=O) groups is 2. The zero-order chi connectivity index (χ0) is 14.3. The monoisotopic (exact) mass is 265 g/mol. The van der Waals surface area contributed by atoms with Gasteiger partial charge in [-0.2, -0.15) is 5.26 Å². The first kappa shape index (κ1) is 15.5. The molecule has 1 aliphatic carbocycles. The SMILES string of the molecule is CCNC(=O)CN(C)C(=O)C1(C#N)CCCCCC1. The molecule has 106 valence electrons. The molecule has 1 aliphatic rings. The maximum absolute atomic E-state index is 12.5. The van der Waals surface area contributed by atoms with Crippen LogP contribution in [0.15, 0.2) is 0 Å². The Bertz CT molecular complexity index is 365. The number of amides is 2. The zero-order valence-corrected chi connectivity index (χ0v) is 11.9. The van der Waals surface area contributed by atoms with Gasteiger partial charge < -0.3 is 10.2 Å². The predicted octanol–water partition coefficient (Wildman–Crippen LogP) is 1.45. The molecule has 1 saturated carbocycles. The standard InChI is InChI=1S/C14H23N3O2/c1-3-16-12(18)10-17(2)13(19)14(11-15)8-6-4-5-7-9-14/h3-10H2,1-2H3,(H,16,18). The van der Waals surface area contributed by atoms with Gasteiger partial charge in [-0.05, 0) is 19.8 Å². The van der Waals surface area contributed by atoms with E-state index in [1.165, 1.54) is 4.90 Å². The Balaban J connectivity index is 2.72. The number of nitriles is 1. The van der Waals surface area contributed by atoms with Crippen LogP contribution in [0.25, 0.3) is 0 Å². The predicted molar refractivity (Wildman–Crippen MR) is 72.1 cm³/mol.